The Labute approximate surface area is 315 Å². The molecule has 0 bridgehead atoms. The standard InChI is InChI=1S/C49H30N4S/c1-3-13-31(14-4-1)32-25-27-35(28-26-32)48-50-47(34-16-5-2-6-17-34)51-49(52-48)40-22-11-20-37-38-21-12-24-43(46(38)54-45(37)40)53-41-23-10-9-19-39(41)44-36-18-8-7-15-33(36)29-30-42(44)53/h1-30H. The maximum atomic E-state index is 5.18. The molecule has 11 rings (SSSR count). The normalized spacial score (nSPS) is 11.7. The maximum Gasteiger partial charge on any atom is 0.165 e. The van der Waals surface area contributed by atoms with Gasteiger partial charge in [0.2, 0.25) is 0 Å². The van der Waals surface area contributed by atoms with Gasteiger partial charge in [0.25, 0.3) is 0 Å². The molecule has 0 unspecified atom stereocenters. The van der Waals surface area contributed by atoms with E-state index in [4.69, 9.17) is 15.0 Å². The van der Waals surface area contributed by atoms with Gasteiger partial charge in [0.05, 0.1) is 21.4 Å². The molecule has 0 saturated heterocycles. The highest BCUT2D eigenvalue weighted by Crippen LogP contribution is 2.44. The van der Waals surface area contributed by atoms with Crippen molar-refractivity contribution in [1.82, 2.24) is 19.5 Å². The van der Waals surface area contributed by atoms with Gasteiger partial charge in [-0.05, 0) is 46.2 Å². The summed E-state index contributed by atoms with van der Waals surface area (Å²) < 4.78 is 4.83. The molecule has 0 spiro atoms. The third-order valence-corrected chi connectivity index (χ3v) is 11.7. The van der Waals surface area contributed by atoms with Crippen LogP contribution in [-0.4, -0.2) is 19.5 Å². The summed E-state index contributed by atoms with van der Waals surface area (Å²) in [7, 11) is 0. The summed E-state index contributed by atoms with van der Waals surface area (Å²) in [5.41, 5.74) is 8.79. The van der Waals surface area contributed by atoms with Gasteiger partial charge in [-0.3, -0.25) is 0 Å². The fourth-order valence-electron chi connectivity index (χ4n) is 7.94. The van der Waals surface area contributed by atoms with Gasteiger partial charge in [-0.2, -0.15) is 0 Å². The first kappa shape index (κ1) is 30.7. The summed E-state index contributed by atoms with van der Waals surface area (Å²) in [6.45, 7) is 0. The number of hydrogen-bond donors (Lipinski definition) is 0. The van der Waals surface area contributed by atoms with Gasteiger partial charge in [0.1, 0.15) is 0 Å². The number of para-hydroxylation sites is 1. The van der Waals surface area contributed by atoms with Crippen LogP contribution >= 0.6 is 11.3 Å². The number of fused-ring (bicyclic) bond motifs is 8. The number of aromatic nitrogens is 4. The Hall–Kier alpha value is -6.95. The topological polar surface area (TPSA) is 43.6 Å². The predicted octanol–water partition coefficient (Wildman–Crippen LogP) is 13.2. The van der Waals surface area contributed by atoms with Gasteiger partial charge in [-0.15, -0.1) is 11.3 Å². The minimum Gasteiger partial charge on any atom is -0.308 e. The van der Waals surface area contributed by atoms with Gasteiger partial charge in [0.15, 0.2) is 17.5 Å². The van der Waals surface area contributed by atoms with Gasteiger partial charge in [-0.25, -0.2) is 15.0 Å². The molecule has 5 heteroatoms. The molecule has 3 heterocycles. The first-order valence-electron chi connectivity index (χ1n) is 18.1. The molecule has 0 amide bonds. The third kappa shape index (κ3) is 4.86. The lowest BCUT2D eigenvalue weighted by atomic mass is 10.0. The highest BCUT2D eigenvalue weighted by Gasteiger charge is 2.20. The van der Waals surface area contributed by atoms with Crippen molar-refractivity contribution in [2.45, 2.75) is 0 Å². The fraction of sp³-hybridized carbons (Fsp3) is 0. The van der Waals surface area contributed by atoms with Crippen LogP contribution in [0.15, 0.2) is 182 Å². The van der Waals surface area contributed by atoms with Crippen LogP contribution in [0.3, 0.4) is 0 Å². The second-order valence-corrected chi connectivity index (χ2v) is 14.6. The van der Waals surface area contributed by atoms with Crippen molar-refractivity contribution in [3.05, 3.63) is 182 Å². The molecule has 0 aliphatic heterocycles. The van der Waals surface area contributed by atoms with E-state index in [2.05, 4.69) is 162 Å². The molecule has 0 atom stereocenters. The Morgan fingerprint density at radius 2 is 0.907 bits per heavy atom. The molecule has 0 aliphatic carbocycles. The van der Waals surface area contributed by atoms with E-state index in [1.807, 2.05) is 35.6 Å². The van der Waals surface area contributed by atoms with Gasteiger partial charge < -0.3 is 4.57 Å². The van der Waals surface area contributed by atoms with Crippen molar-refractivity contribution in [3.63, 3.8) is 0 Å². The summed E-state index contributed by atoms with van der Waals surface area (Å²) in [4.78, 5) is 15.4. The predicted molar refractivity (Wildman–Crippen MR) is 226 cm³/mol. The molecule has 0 fully saturated rings. The Balaban J connectivity index is 1.12. The minimum absolute atomic E-state index is 0.648. The average molecular weight is 707 g/mol. The molecule has 54 heavy (non-hydrogen) atoms. The molecule has 252 valence electrons. The monoisotopic (exact) mass is 706 g/mol. The lowest BCUT2D eigenvalue weighted by Crippen LogP contribution is -2.00. The zero-order chi connectivity index (χ0) is 35.6. The Morgan fingerprint density at radius 3 is 1.69 bits per heavy atom. The third-order valence-electron chi connectivity index (χ3n) is 10.5. The SMILES string of the molecule is c1ccc(-c2ccc(-c3nc(-c4ccccc4)nc(-c4cccc5c4sc4c(-n6c7ccccc7c7c8ccccc8ccc76)cccc45)n3)cc2)cc1. The minimum atomic E-state index is 0.648. The Morgan fingerprint density at radius 1 is 0.352 bits per heavy atom. The van der Waals surface area contributed by atoms with Crippen LogP contribution in [0.2, 0.25) is 0 Å². The summed E-state index contributed by atoms with van der Waals surface area (Å²) in [5.74, 6) is 1.96. The zero-order valence-electron chi connectivity index (χ0n) is 29.0. The van der Waals surface area contributed by atoms with Crippen molar-refractivity contribution < 1.29 is 0 Å². The smallest absolute Gasteiger partial charge is 0.165 e. The summed E-state index contributed by atoms with van der Waals surface area (Å²) >= 11 is 1.81. The van der Waals surface area contributed by atoms with Gasteiger partial charge in [-0.1, -0.05) is 158 Å². The van der Waals surface area contributed by atoms with E-state index >= 15 is 0 Å². The van der Waals surface area contributed by atoms with E-state index in [9.17, 15) is 0 Å². The van der Waals surface area contributed by atoms with Crippen LogP contribution in [0.25, 0.3) is 104 Å². The van der Waals surface area contributed by atoms with Gasteiger partial charge in [0, 0.05) is 42.9 Å². The lowest BCUT2D eigenvalue weighted by molar-refractivity contribution is 1.08. The zero-order valence-corrected chi connectivity index (χ0v) is 29.8. The average Bonchev–Trinajstić information content (AvgIpc) is 3.81. The van der Waals surface area contributed by atoms with E-state index in [-0.39, 0.29) is 0 Å². The maximum absolute atomic E-state index is 5.18. The Bertz CT molecular complexity index is 3200. The van der Waals surface area contributed by atoms with Crippen molar-refractivity contribution in [1.29, 1.82) is 0 Å². The quantitative estimate of drug-likeness (QED) is 0.179. The highest BCUT2D eigenvalue weighted by molar-refractivity contribution is 7.26. The highest BCUT2D eigenvalue weighted by atomic mass is 32.1. The van der Waals surface area contributed by atoms with E-state index in [1.54, 1.807) is 0 Å². The lowest BCUT2D eigenvalue weighted by Gasteiger charge is -2.10. The molecule has 0 aliphatic rings. The van der Waals surface area contributed by atoms with Crippen LogP contribution in [-0.2, 0) is 0 Å². The van der Waals surface area contributed by atoms with E-state index < -0.39 is 0 Å². The van der Waals surface area contributed by atoms with Crippen molar-refractivity contribution >= 4 is 64.1 Å². The molecule has 8 aromatic carbocycles. The summed E-state index contributed by atoms with van der Waals surface area (Å²) in [5, 5.41) is 7.46. The molecule has 0 N–H and O–H groups in total. The van der Waals surface area contributed by atoms with Crippen LogP contribution in [0, 0.1) is 0 Å². The van der Waals surface area contributed by atoms with Crippen molar-refractivity contribution in [3.8, 4) is 51.0 Å². The second-order valence-electron chi connectivity index (χ2n) is 13.6. The fourth-order valence-corrected chi connectivity index (χ4v) is 9.25. The molecule has 3 aromatic heterocycles. The van der Waals surface area contributed by atoms with Gasteiger partial charge >= 0.3 is 0 Å². The van der Waals surface area contributed by atoms with E-state index in [0.29, 0.717) is 17.5 Å². The van der Waals surface area contributed by atoms with Crippen molar-refractivity contribution in [2.24, 2.45) is 0 Å². The van der Waals surface area contributed by atoms with Crippen LogP contribution in [0.1, 0.15) is 0 Å². The summed E-state index contributed by atoms with van der Waals surface area (Å²) in [6, 6.07) is 64.3. The number of nitrogens with zero attached hydrogens (tertiary/aromatic N) is 4. The van der Waals surface area contributed by atoms with Crippen molar-refractivity contribution in [2.75, 3.05) is 0 Å². The molecule has 11 aromatic rings. The second kappa shape index (κ2) is 12.3. The number of benzene rings is 8. The molecule has 4 nitrogen and oxygen atoms in total. The van der Waals surface area contributed by atoms with Crippen LogP contribution in [0.5, 0.6) is 0 Å². The Kier molecular flexibility index (Phi) is 7.00. The molecular formula is C49H30N4S. The largest absolute Gasteiger partial charge is 0.308 e. The first-order valence-corrected chi connectivity index (χ1v) is 18.9. The van der Waals surface area contributed by atoms with Crippen LogP contribution in [0.4, 0.5) is 0 Å². The first-order chi connectivity index (χ1) is 26.8. The molecule has 0 radical (unpaired) electrons. The van der Waals surface area contributed by atoms with E-state index in [1.165, 1.54) is 59.3 Å². The number of hydrogen-bond acceptors (Lipinski definition) is 4. The molecule has 0 saturated carbocycles. The summed E-state index contributed by atoms with van der Waals surface area (Å²) in [6.07, 6.45) is 0. The number of thiophene rings is 1. The molecular weight excluding hydrogens is 677 g/mol. The number of rotatable bonds is 5. The van der Waals surface area contributed by atoms with Crippen LogP contribution < -0.4 is 0 Å². The van der Waals surface area contributed by atoms with E-state index in [0.717, 1.165) is 27.0 Å².